The van der Waals surface area contributed by atoms with Crippen LogP contribution in [-0.2, 0) is 14.4 Å². The van der Waals surface area contributed by atoms with Crippen LogP contribution in [0.3, 0.4) is 0 Å². The lowest BCUT2D eigenvalue weighted by atomic mass is 9.78. The van der Waals surface area contributed by atoms with E-state index in [1.807, 2.05) is 33.9 Å². The molecule has 1 aliphatic carbocycles. The number of nitrogens with zero attached hydrogens (tertiary/aromatic N) is 3. The Labute approximate surface area is 238 Å². The van der Waals surface area contributed by atoms with Gasteiger partial charge in [-0.25, -0.2) is 0 Å². The Morgan fingerprint density at radius 2 is 1.49 bits per heavy atom. The largest absolute Gasteiger partial charge is 0.343 e. The third-order valence-electron chi connectivity index (χ3n) is 9.48. The summed E-state index contributed by atoms with van der Waals surface area (Å²) in [5.41, 5.74) is 0.722. The van der Waals surface area contributed by atoms with Gasteiger partial charge in [0.1, 0.15) is 6.04 Å². The molecule has 0 bridgehead atoms. The normalized spacial score (nSPS) is 26.4. The van der Waals surface area contributed by atoms with E-state index in [1.165, 1.54) is 25.7 Å². The van der Waals surface area contributed by atoms with Crippen molar-refractivity contribution in [3.63, 3.8) is 0 Å². The molecule has 0 aromatic rings. The Balaban J connectivity index is 1.74. The average molecular weight is 545 g/mol. The van der Waals surface area contributed by atoms with Crippen molar-refractivity contribution in [1.82, 2.24) is 20.0 Å². The summed E-state index contributed by atoms with van der Waals surface area (Å²) in [6, 6.07) is -0.364. The molecule has 2 saturated heterocycles. The van der Waals surface area contributed by atoms with E-state index in [4.69, 9.17) is 0 Å². The van der Waals surface area contributed by atoms with Gasteiger partial charge < -0.3 is 15.1 Å². The first-order valence-corrected chi connectivity index (χ1v) is 15.8. The molecule has 2 aliphatic heterocycles. The molecule has 222 valence electrons. The Morgan fingerprint density at radius 3 is 2.13 bits per heavy atom. The van der Waals surface area contributed by atoms with Crippen molar-refractivity contribution < 1.29 is 14.4 Å². The van der Waals surface area contributed by atoms with Crippen LogP contribution in [0.4, 0.5) is 0 Å². The van der Waals surface area contributed by atoms with Gasteiger partial charge in [0.25, 0.3) is 0 Å². The highest BCUT2D eigenvalue weighted by Gasteiger charge is 2.38. The summed E-state index contributed by atoms with van der Waals surface area (Å²) >= 11 is 0. The summed E-state index contributed by atoms with van der Waals surface area (Å²) < 4.78 is 0. The van der Waals surface area contributed by atoms with Gasteiger partial charge in [-0.15, -0.1) is 0 Å². The predicted molar refractivity (Wildman–Crippen MR) is 158 cm³/mol. The molecule has 5 atom stereocenters. The average Bonchev–Trinajstić information content (AvgIpc) is 2.92. The molecule has 0 aromatic carbocycles. The number of amides is 3. The maximum Gasteiger partial charge on any atom is 0.249 e. The Hall–Kier alpha value is -1.89. The lowest BCUT2D eigenvalue weighted by Crippen LogP contribution is -2.58. The van der Waals surface area contributed by atoms with Gasteiger partial charge in [0, 0.05) is 31.2 Å². The van der Waals surface area contributed by atoms with E-state index < -0.39 is 6.04 Å². The first-order valence-electron chi connectivity index (χ1n) is 15.8. The number of hydrogen-bond donors (Lipinski definition) is 1. The number of hydrogen-bond acceptors (Lipinski definition) is 4. The molecule has 1 N–H and O–H groups in total. The van der Waals surface area contributed by atoms with Crippen LogP contribution in [-0.4, -0.2) is 82.8 Å². The van der Waals surface area contributed by atoms with Crippen LogP contribution in [0.15, 0.2) is 11.6 Å². The summed E-state index contributed by atoms with van der Waals surface area (Å²) in [4.78, 5) is 47.1. The number of piperidine rings is 2. The second-order valence-electron chi connectivity index (χ2n) is 13.4. The molecule has 7 nitrogen and oxygen atoms in total. The fourth-order valence-corrected chi connectivity index (χ4v) is 7.17. The minimum atomic E-state index is -0.603. The molecule has 3 unspecified atom stereocenters. The SMILES string of the molecule is C/C(=C\[C@H](C(C)C)N(C)C(=O)[C@@H](NC(=O)C1CCCCN1C(C)C)C(C)C)C(=O)N1CCCC2CCCCC21. The van der Waals surface area contributed by atoms with Crippen molar-refractivity contribution in [2.45, 2.75) is 136 Å². The molecule has 0 spiro atoms. The zero-order chi connectivity index (χ0) is 28.9. The van der Waals surface area contributed by atoms with Crippen molar-refractivity contribution in [3.05, 3.63) is 11.6 Å². The highest BCUT2D eigenvalue weighted by atomic mass is 16.2. The van der Waals surface area contributed by atoms with Gasteiger partial charge in [-0.2, -0.15) is 0 Å². The third kappa shape index (κ3) is 7.65. The zero-order valence-corrected chi connectivity index (χ0v) is 26.0. The van der Waals surface area contributed by atoms with Gasteiger partial charge >= 0.3 is 0 Å². The summed E-state index contributed by atoms with van der Waals surface area (Å²) in [5.74, 6) is 0.711. The lowest BCUT2D eigenvalue weighted by molar-refractivity contribution is -0.140. The second kappa shape index (κ2) is 14.1. The smallest absolute Gasteiger partial charge is 0.249 e. The second-order valence-corrected chi connectivity index (χ2v) is 13.4. The van der Waals surface area contributed by atoms with Gasteiger partial charge in [0.2, 0.25) is 17.7 Å². The van der Waals surface area contributed by atoms with Crippen LogP contribution in [0.5, 0.6) is 0 Å². The zero-order valence-electron chi connectivity index (χ0n) is 26.0. The van der Waals surface area contributed by atoms with E-state index in [-0.39, 0.29) is 47.7 Å². The number of likely N-dealkylation sites (N-methyl/N-ethyl adjacent to an activating group) is 1. The van der Waals surface area contributed by atoms with Crippen molar-refractivity contribution in [1.29, 1.82) is 0 Å². The molecular formula is C32H56N4O3. The first-order chi connectivity index (χ1) is 18.4. The number of carbonyl (C=O) groups excluding carboxylic acids is 3. The van der Waals surface area contributed by atoms with E-state index >= 15 is 0 Å². The number of carbonyl (C=O) groups is 3. The van der Waals surface area contributed by atoms with E-state index in [2.05, 4.69) is 42.8 Å². The molecule has 2 heterocycles. The predicted octanol–water partition coefficient (Wildman–Crippen LogP) is 5.00. The standard InChI is InChI=1S/C32H56N4O3/c1-21(2)28(20-24(7)31(38)36-19-13-15-25-14-9-10-16-26(25)36)34(8)32(39)29(22(3)4)33-30(37)27-17-11-12-18-35(27)23(5)6/h20-23,25-29H,9-19H2,1-8H3,(H,33,37)/b24-20+/t25?,26?,27?,28-,29+/m1/s1. The fraction of sp³-hybridized carbons (Fsp3) is 0.844. The van der Waals surface area contributed by atoms with Crippen molar-refractivity contribution >= 4 is 17.7 Å². The summed E-state index contributed by atoms with van der Waals surface area (Å²) in [7, 11) is 1.82. The number of likely N-dealkylation sites (tertiary alicyclic amines) is 2. The van der Waals surface area contributed by atoms with Crippen molar-refractivity contribution in [2.75, 3.05) is 20.1 Å². The Morgan fingerprint density at radius 1 is 0.846 bits per heavy atom. The topological polar surface area (TPSA) is 73.0 Å². The molecular weight excluding hydrogens is 488 g/mol. The number of fused-ring (bicyclic) bond motifs is 1. The first kappa shape index (κ1) is 31.6. The maximum atomic E-state index is 13.9. The number of nitrogens with one attached hydrogen (secondary N) is 1. The lowest BCUT2D eigenvalue weighted by Gasteiger charge is -2.44. The van der Waals surface area contributed by atoms with Crippen LogP contribution in [0.1, 0.15) is 106 Å². The van der Waals surface area contributed by atoms with E-state index in [0.29, 0.717) is 12.0 Å². The molecule has 3 rings (SSSR count). The maximum absolute atomic E-state index is 13.9. The fourth-order valence-electron chi connectivity index (χ4n) is 7.17. The third-order valence-corrected chi connectivity index (χ3v) is 9.48. The van der Waals surface area contributed by atoms with Crippen LogP contribution in [0.25, 0.3) is 0 Å². The molecule has 3 amide bonds. The van der Waals surface area contributed by atoms with Gasteiger partial charge in [0.15, 0.2) is 0 Å². The molecule has 3 fully saturated rings. The van der Waals surface area contributed by atoms with Crippen molar-refractivity contribution in [3.8, 4) is 0 Å². The number of rotatable bonds is 9. The van der Waals surface area contributed by atoms with Crippen molar-refractivity contribution in [2.24, 2.45) is 17.8 Å². The summed E-state index contributed by atoms with van der Waals surface area (Å²) in [5, 5.41) is 3.14. The highest BCUT2D eigenvalue weighted by Crippen LogP contribution is 2.36. The minimum absolute atomic E-state index is 0.0426. The quantitative estimate of drug-likeness (QED) is 0.415. The van der Waals surface area contributed by atoms with Crippen LogP contribution >= 0.6 is 0 Å². The Bertz CT molecular complexity index is 881. The molecule has 0 aromatic heterocycles. The van der Waals surface area contributed by atoms with Gasteiger partial charge in [0.05, 0.1) is 12.1 Å². The molecule has 39 heavy (non-hydrogen) atoms. The summed E-state index contributed by atoms with van der Waals surface area (Å²) in [6.07, 6.45) is 12.1. The highest BCUT2D eigenvalue weighted by molar-refractivity contribution is 5.94. The van der Waals surface area contributed by atoms with Crippen LogP contribution in [0.2, 0.25) is 0 Å². The van der Waals surface area contributed by atoms with Gasteiger partial charge in [-0.1, -0.05) is 53.0 Å². The molecule has 3 aliphatic rings. The molecule has 0 radical (unpaired) electrons. The van der Waals surface area contributed by atoms with E-state index in [0.717, 1.165) is 50.8 Å². The van der Waals surface area contributed by atoms with Gasteiger partial charge in [-0.05, 0) is 83.6 Å². The van der Waals surface area contributed by atoms with E-state index in [9.17, 15) is 14.4 Å². The Kier molecular flexibility index (Phi) is 11.5. The van der Waals surface area contributed by atoms with Crippen LogP contribution < -0.4 is 5.32 Å². The van der Waals surface area contributed by atoms with Gasteiger partial charge in [-0.3, -0.25) is 19.3 Å². The van der Waals surface area contributed by atoms with E-state index in [1.54, 1.807) is 4.90 Å². The minimum Gasteiger partial charge on any atom is -0.343 e. The molecule has 1 saturated carbocycles. The molecule has 7 heteroatoms. The monoisotopic (exact) mass is 544 g/mol. The summed E-state index contributed by atoms with van der Waals surface area (Å²) in [6.45, 7) is 16.1. The van der Waals surface area contributed by atoms with Crippen LogP contribution in [0, 0.1) is 17.8 Å².